The van der Waals surface area contributed by atoms with E-state index in [-0.39, 0.29) is 17.3 Å². The summed E-state index contributed by atoms with van der Waals surface area (Å²) in [5.41, 5.74) is -0.588. The molecule has 1 fully saturated rings. The molecule has 0 spiro atoms. The summed E-state index contributed by atoms with van der Waals surface area (Å²) in [6, 6.07) is 5.65. The number of carbonyl (C=O) groups is 2. The van der Waals surface area contributed by atoms with E-state index in [1.807, 2.05) is 0 Å². The highest BCUT2D eigenvalue weighted by Gasteiger charge is 2.33. The van der Waals surface area contributed by atoms with E-state index in [0.29, 0.717) is 17.8 Å². The number of likely N-dealkylation sites (tertiary alicyclic amines) is 1. The Bertz CT molecular complexity index is 841. The molecule has 7 nitrogen and oxygen atoms in total. The zero-order chi connectivity index (χ0) is 18.7. The number of rotatable bonds is 4. The number of amides is 2. The zero-order valence-electron chi connectivity index (χ0n) is 13.7. The Labute approximate surface area is 152 Å². The quantitative estimate of drug-likeness (QED) is 0.653. The fraction of sp³-hybridized carbons (Fsp3) is 0.294. The molecule has 1 unspecified atom stereocenters. The van der Waals surface area contributed by atoms with Gasteiger partial charge in [0.25, 0.3) is 11.6 Å². The summed E-state index contributed by atoms with van der Waals surface area (Å²) in [7, 11) is 0. The van der Waals surface area contributed by atoms with Gasteiger partial charge in [-0.05, 0) is 36.8 Å². The Morgan fingerprint density at radius 1 is 1.31 bits per heavy atom. The number of piperidine rings is 1. The van der Waals surface area contributed by atoms with Crippen molar-refractivity contribution in [2.75, 3.05) is 11.9 Å². The molecule has 1 atom stereocenters. The lowest BCUT2D eigenvalue weighted by Crippen LogP contribution is -2.49. The number of hydrogen-bond acceptors (Lipinski definition) is 5. The van der Waals surface area contributed by atoms with Crippen LogP contribution in [0.15, 0.2) is 35.7 Å². The minimum absolute atomic E-state index is 0.237. The first kappa shape index (κ1) is 18.0. The van der Waals surface area contributed by atoms with Crippen molar-refractivity contribution in [2.45, 2.75) is 25.3 Å². The van der Waals surface area contributed by atoms with Crippen LogP contribution in [0.25, 0.3) is 0 Å². The Morgan fingerprint density at radius 2 is 2.12 bits per heavy atom. The molecule has 136 valence electrons. The fourth-order valence-corrected chi connectivity index (χ4v) is 3.61. The number of nitrogens with zero attached hydrogens (tertiary/aromatic N) is 2. The summed E-state index contributed by atoms with van der Waals surface area (Å²) in [6.45, 7) is 0.437. The zero-order valence-corrected chi connectivity index (χ0v) is 14.5. The highest BCUT2D eigenvalue weighted by atomic mass is 32.1. The summed E-state index contributed by atoms with van der Waals surface area (Å²) >= 11 is 1.29. The summed E-state index contributed by atoms with van der Waals surface area (Å²) < 4.78 is 13.9. The van der Waals surface area contributed by atoms with Crippen molar-refractivity contribution in [1.82, 2.24) is 4.90 Å². The van der Waals surface area contributed by atoms with Gasteiger partial charge in [0.15, 0.2) is 0 Å². The molecule has 1 aromatic carbocycles. The highest BCUT2D eigenvalue weighted by molar-refractivity contribution is 7.12. The van der Waals surface area contributed by atoms with Crippen molar-refractivity contribution < 1.29 is 18.9 Å². The second-order valence-electron chi connectivity index (χ2n) is 5.90. The van der Waals surface area contributed by atoms with Crippen LogP contribution in [0.1, 0.15) is 28.9 Å². The number of benzene rings is 1. The number of nitrogens with one attached hydrogen (secondary N) is 1. The van der Waals surface area contributed by atoms with Crippen molar-refractivity contribution in [3.63, 3.8) is 0 Å². The summed E-state index contributed by atoms with van der Waals surface area (Å²) in [5.74, 6) is -1.55. The van der Waals surface area contributed by atoms with Gasteiger partial charge in [-0.1, -0.05) is 6.07 Å². The molecule has 0 bridgehead atoms. The Kier molecular flexibility index (Phi) is 5.27. The minimum Gasteiger partial charge on any atom is -0.326 e. The number of halogens is 1. The average molecular weight is 377 g/mol. The van der Waals surface area contributed by atoms with Gasteiger partial charge in [0.1, 0.15) is 11.9 Å². The molecular weight excluding hydrogens is 361 g/mol. The second kappa shape index (κ2) is 7.61. The van der Waals surface area contributed by atoms with Gasteiger partial charge in [-0.15, -0.1) is 11.3 Å². The van der Waals surface area contributed by atoms with Crippen molar-refractivity contribution in [1.29, 1.82) is 0 Å². The van der Waals surface area contributed by atoms with Crippen LogP contribution in [0.2, 0.25) is 0 Å². The maximum atomic E-state index is 13.9. The molecule has 1 aliphatic heterocycles. The molecule has 26 heavy (non-hydrogen) atoms. The van der Waals surface area contributed by atoms with Gasteiger partial charge in [0.2, 0.25) is 5.91 Å². The lowest BCUT2D eigenvalue weighted by molar-refractivity contribution is -0.384. The first-order valence-corrected chi connectivity index (χ1v) is 8.94. The largest absolute Gasteiger partial charge is 0.326 e. The van der Waals surface area contributed by atoms with E-state index < -0.39 is 22.7 Å². The lowest BCUT2D eigenvalue weighted by atomic mass is 10.0. The molecule has 2 aromatic rings. The average Bonchev–Trinajstić information content (AvgIpc) is 3.17. The second-order valence-corrected chi connectivity index (χ2v) is 6.85. The van der Waals surface area contributed by atoms with E-state index in [4.69, 9.17) is 0 Å². The van der Waals surface area contributed by atoms with Crippen LogP contribution in [-0.2, 0) is 4.79 Å². The number of thiophene rings is 1. The van der Waals surface area contributed by atoms with E-state index in [0.717, 1.165) is 31.0 Å². The van der Waals surface area contributed by atoms with Crippen LogP contribution in [-0.4, -0.2) is 34.2 Å². The summed E-state index contributed by atoms with van der Waals surface area (Å²) in [5, 5.41) is 15.0. The van der Waals surface area contributed by atoms with Crippen molar-refractivity contribution in [2.24, 2.45) is 0 Å². The SMILES string of the molecule is O=C(Nc1cc([N+](=O)[O-])ccc1F)C1CCCCN1C(=O)c1cccs1. The molecule has 2 amide bonds. The third kappa shape index (κ3) is 3.72. The standard InChI is InChI=1S/C17H16FN3O4S/c18-12-7-6-11(21(24)25)10-13(12)19-16(22)14-4-1-2-8-20(14)17(23)15-5-3-9-26-15/h3,5-7,9-10,14H,1-2,4,8H2,(H,19,22). The number of nitro groups is 1. The molecule has 9 heteroatoms. The van der Waals surface area contributed by atoms with Crippen LogP contribution in [0.5, 0.6) is 0 Å². The van der Waals surface area contributed by atoms with Crippen LogP contribution in [0.4, 0.5) is 15.8 Å². The monoisotopic (exact) mass is 377 g/mol. The van der Waals surface area contributed by atoms with Gasteiger partial charge >= 0.3 is 0 Å². The Morgan fingerprint density at radius 3 is 2.81 bits per heavy atom. The van der Waals surface area contributed by atoms with E-state index in [1.165, 1.54) is 16.2 Å². The van der Waals surface area contributed by atoms with Gasteiger partial charge < -0.3 is 10.2 Å². The van der Waals surface area contributed by atoms with Crippen LogP contribution >= 0.6 is 11.3 Å². The first-order chi connectivity index (χ1) is 12.5. The Balaban J connectivity index is 1.80. The van der Waals surface area contributed by atoms with Gasteiger partial charge in [-0.25, -0.2) is 4.39 Å². The van der Waals surface area contributed by atoms with Crippen LogP contribution in [0, 0.1) is 15.9 Å². The predicted octanol–water partition coefficient (Wildman–Crippen LogP) is 3.43. The molecular formula is C17H16FN3O4S. The maximum absolute atomic E-state index is 13.9. The van der Waals surface area contributed by atoms with Crippen molar-refractivity contribution >= 4 is 34.5 Å². The van der Waals surface area contributed by atoms with Crippen LogP contribution in [0.3, 0.4) is 0 Å². The molecule has 1 aliphatic rings. The van der Waals surface area contributed by atoms with Gasteiger partial charge in [0, 0.05) is 18.7 Å². The lowest BCUT2D eigenvalue weighted by Gasteiger charge is -2.34. The van der Waals surface area contributed by atoms with E-state index in [2.05, 4.69) is 5.32 Å². The number of non-ortho nitro benzene ring substituents is 1. The number of hydrogen-bond donors (Lipinski definition) is 1. The fourth-order valence-electron chi connectivity index (χ4n) is 2.93. The minimum atomic E-state index is -0.768. The van der Waals surface area contributed by atoms with Gasteiger partial charge in [-0.2, -0.15) is 0 Å². The van der Waals surface area contributed by atoms with E-state index >= 15 is 0 Å². The summed E-state index contributed by atoms with van der Waals surface area (Å²) in [6.07, 6.45) is 2.01. The van der Waals surface area contributed by atoms with Crippen molar-refractivity contribution in [3.05, 3.63) is 56.5 Å². The van der Waals surface area contributed by atoms with E-state index in [1.54, 1.807) is 17.5 Å². The molecule has 0 aliphatic carbocycles. The molecule has 3 rings (SSSR count). The third-order valence-electron chi connectivity index (χ3n) is 4.22. The summed E-state index contributed by atoms with van der Waals surface area (Å²) in [4.78, 5) is 37.5. The molecule has 1 N–H and O–H groups in total. The third-order valence-corrected chi connectivity index (χ3v) is 5.07. The first-order valence-electron chi connectivity index (χ1n) is 8.06. The number of carbonyl (C=O) groups excluding carboxylic acids is 2. The Hall–Kier alpha value is -2.81. The molecule has 0 radical (unpaired) electrons. The topological polar surface area (TPSA) is 92.5 Å². The molecule has 1 aromatic heterocycles. The molecule has 0 saturated carbocycles. The smallest absolute Gasteiger partial charge is 0.271 e. The maximum Gasteiger partial charge on any atom is 0.271 e. The van der Waals surface area contributed by atoms with Crippen LogP contribution < -0.4 is 5.32 Å². The number of anilines is 1. The van der Waals surface area contributed by atoms with E-state index in [9.17, 15) is 24.1 Å². The normalized spacial score (nSPS) is 17.0. The predicted molar refractivity (Wildman–Crippen MR) is 94.7 cm³/mol. The molecule has 2 heterocycles. The van der Waals surface area contributed by atoms with Gasteiger partial charge in [0.05, 0.1) is 15.5 Å². The van der Waals surface area contributed by atoms with Gasteiger partial charge in [-0.3, -0.25) is 19.7 Å². The molecule has 1 saturated heterocycles. The number of nitro benzene ring substituents is 1. The highest BCUT2D eigenvalue weighted by Crippen LogP contribution is 2.25. The van der Waals surface area contributed by atoms with Crippen molar-refractivity contribution in [3.8, 4) is 0 Å².